The van der Waals surface area contributed by atoms with Gasteiger partial charge >= 0.3 is 12.1 Å². The van der Waals surface area contributed by atoms with Crippen LogP contribution in [0.15, 0.2) is 78.0 Å². The SMILES string of the molecule is O=C(Nc1cccc([C@@H]2O[C@H](CSc3cccc[n+]3[O-])C[C@H](c3ccc(CO)cc3)O2)c1)[C@@H]1CCCN1C(=O)C(F)(F)F. The number of alkyl halides is 3. The number of aliphatic hydroxyl groups is 1. The maximum atomic E-state index is 13.0. The van der Waals surface area contributed by atoms with Crippen molar-refractivity contribution in [1.29, 1.82) is 0 Å². The second kappa shape index (κ2) is 13.3. The summed E-state index contributed by atoms with van der Waals surface area (Å²) in [6.07, 6.45) is -4.29. The normalized spacial score (nSPS) is 22.4. The van der Waals surface area contributed by atoms with Crippen LogP contribution < -0.4 is 10.0 Å². The third kappa shape index (κ3) is 7.47. The summed E-state index contributed by atoms with van der Waals surface area (Å²) in [5.74, 6) is -2.27. The first-order chi connectivity index (χ1) is 20.6. The van der Waals surface area contributed by atoms with Crippen LogP contribution in [-0.4, -0.2) is 52.4 Å². The Morgan fingerprint density at radius 3 is 2.58 bits per heavy atom. The van der Waals surface area contributed by atoms with E-state index in [-0.39, 0.29) is 31.8 Å². The van der Waals surface area contributed by atoms with Gasteiger partial charge in [0.15, 0.2) is 12.5 Å². The Balaban J connectivity index is 1.33. The maximum Gasteiger partial charge on any atom is 0.471 e. The highest BCUT2D eigenvalue weighted by atomic mass is 32.2. The molecule has 9 nitrogen and oxygen atoms in total. The Morgan fingerprint density at radius 1 is 1.07 bits per heavy atom. The molecule has 13 heteroatoms. The minimum Gasteiger partial charge on any atom is -0.618 e. The second-order valence-electron chi connectivity index (χ2n) is 10.3. The number of ether oxygens (including phenoxy) is 2. The van der Waals surface area contributed by atoms with E-state index in [1.54, 1.807) is 42.5 Å². The molecule has 2 N–H and O–H groups in total. The van der Waals surface area contributed by atoms with E-state index < -0.39 is 30.3 Å². The van der Waals surface area contributed by atoms with Crippen LogP contribution in [0.2, 0.25) is 0 Å². The van der Waals surface area contributed by atoms with Gasteiger partial charge in [-0.1, -0.05) is 48.2 Å². The summed E-state index contributed by atoms with van der Waals surface area (Å²) >= 11 is 1.35. The molecular formula is C30H30F3N3O6S. The van der Waals surface area contributed by atoms with Gasteiger partial charge in [-0.25, -0.2) is 0 Å². The van der Waals surface area contributed by atoms with Gasteiger partial charge in [-0.05, 0) is 42.2 Å². The van der Waals surface area contributed by atoms with Crippen LogP contribution >= 0.6 is 11.8 Å². The molecule has 2 amide bonds. The Kier molecular flexibility index (Phi) is 9.55. The number of pyridine rings is 1. The summed E-state index contributed by atoms with van der Waals surface area (Å²) < 4.78 is 52.5. The molecule has 3 heterocycles. The number of aromatic nitrogens is 1. The number of nitrogens with one attached hydrogen (secondary N) is 1. The first-order valence-corrected chi connectivity index (χ1v) is 14.7. The third-order valence-corrected chi connectivity index (χ3v) is 8.46. The maximum absolute atomic E-state index is 13.0. The Labute approximate surface area is 250 Å². The molecule has 0 bridgehead atoms. The summed E-state index contributed by atoms with van der Waals surface area (Å²) in [6.45, 7) is -0.236. The lowest BCUT2D eigenvalue weighted by Crippen LogP contribution is -2.48. The number of hydrogen-bond acceptors (Lipinski definition) is 7. The summed E-state index contributed by atoms with van der Waals surface area (Å²) in [6, 6.07) is 17.9. The minimum absolute atomic E-state index is 0.0927. The van der Waals surface area contributed by atoms with Crippen LogP contribution in [0.25, 0.3) is 0 Å². The van der Waals surface area contributed by atoms with Crippen LogP contribution in [-0.2, 0) is 25.7 Å². The number of carbonyl (C=O) groups is 2. The Hall–Kier alpha value is -3.65. The minimum atomic E-state index is -5.06. The zero-order chi connectivity index (χ0) is 30.6. The lowest BCUT2D eigenvalue weighted by molar-refractivity contribution is -0.645. The van der Waals surface area contributed by atoms with Gasteiger partial charge in [0.1, 0.15) is 6.04 Å². The highest BCUT2D eigenvalue weighted by molar-refractivity contribution is 7.99. The number of thioether (sulfide) groups is 1. The van der Waals surface area contributed by atoms with Gasteiger partial charge in [0, 0.05) is 42.1 Å². The number of halogens is 3. The molecule has 0 saturated carbocycles. The van der Waals surface area contributed by atoms with Gasteiger partial charge in [-0.2, -0.15) is 17.9 Å². The largest absolute Gasteiger partial charge is 0.618 e. The summed E-state index contributed by atoms with van der Waals surface area (Å²) in [5, 5.41) is 24.7. The number of anilines is 1. The van der Waals surface area contributed by atoms with Crippen molar-refractivity contribution in [2.24, 2.45) is 0 Å². The van der Waals surface area contributed by atoms with Crippen molar-refractivity contribution in [3.8, 4) is 0 Å². The van der Waals surface area contributed by atoms with Crippen molar-refractivity contribution in [3.05, 3.63) is 94.8 Å². The highest BCUT2D eigenvalue weighted by Crippen LogP contribution is 2.40. The molecule has 2 aliphatic heterocycles. The van der Waals surface area contributed by atoms with Crippen LogP contribution in [0.1, 0.15) is 48.3 Å². The molecular weight excluding hydrogens is 587 g/mol. The average molecular weight is 618 g/mol. The van der Waals surface area contributed by atoms with E-state index in [1.807, 2.05) is 24.3 Å². The number of benzene rings is 2. The van der Waals surface area contributed by atoms with Crippen molar-refractivity contribution in [2.75, 3.05) is 17.6 Å². The molecule has 2 aliphatic rings. The van der Waals surface area contributed by atoms with Crippen LogP contribution in [0.4, 0.5) is 18.9 Å². The van der Waals surface area contributed by atoms with Gasteiger partial charge < -0.3 is 30.0 Å². The monoisotopic (exact) mass is 617 g/mol. The zero-order valence-electron chi connectivity index (χ0n) is 22.9. The van der Waals surface area contributed by atoms with Crippen molar-refractivity contribution >= 4 is 29.3 Å². The Bertz CT molecular complexity index is 1440. The van der Waals surface area contributed by atoms with Crippen molar-refractivity contribution < 1.29 is 42.1 Å². The van der Waals surface area contributed by atoms with E-state index in [0.29, 0.717) is 39.8 Å². The first-order valence-electron chi connectivity index (χ1n) is 13.7. The molecule has 3 aromatic rings. The molecule has 0 unspecified atom stereocenters. The number of likely N-dealkylation sites (tertiary alicyclic amines) is 1. The Morgan fingerprint density at radius 2 is 1.86 bits per heavy atom. The third-order valence-electron chi connectivity index (χ3n) is 7.31. The van der Waals surface area contributed by atoms with E-state index in [0.717, 1.165) is 15.9 Å². The standard InChI is InChI=1S/C30H30F3N3O6S/c31-30(32,33)29(39)35-13-4-7-24(35)27(38)34-22-6-3-5-21(15-22)28-41-23(18-43-26-8-1-2-14-36(26)40)16-25(42-28)20-11-9-19(17-37)10-12-20/h1-3,5-6,8-12,14-15,23-25,28,37H,4,7,13,16-18H2,(H,34,38)/t23-,24-,25+,28+/m0/s1. The van der Waals surface area contributed by atoms with Crippen molar-refractivity contribution in [2.45, 2.75) is 61.6 Å². The molecule has 228 valence electrons. The highest BCUT2D eigenvalue weighted by Gasteiger charge is 2.47. The number of amides is 2. The average Bonchev–Trinajstić information content (AvgIpc) is 3.50. The van der Waals surface area contributed by atoms with Crippen molar-refractivity contribution in [3.63, 3.8) is 0 Å². The topological polar surface area (TPSA) is 115 Å². The van der Waals surface area contributed by atoms with Crippen molar-refractivity contribution in [1.82, 2.24) is 4.90 Å². The molecule has 5 rings (SSSR count). The second-order valence-corrected chi connectivity index (χ2v) is 11.3. The molecule has 2 fully saturated rings. The molecule has 0 spiro atoms. The summed E-state index contributed by atoms with van der Waals surface area (Å²) in [5.41, 5.74) is 2.51. The van der Waals surface area contributed by atoms with Gasteiger partial charge in [0.05, 0.1) is 18.8 Å². The van der Waals surface area contributed by atoms with Gasteiger partial charge in [0.2, 0.25) is 5.91 Å². The lowest BCUT2D eigenvalue weighted by atomic mass is 10.0. The van der Waals surface area contributed by atoms with E-state index >= 15 is 0 Å². The number of rotatable bonds is 8. The van der Waals surface area contributed by atoms with Gasteiger partial charge in [0.25, 0.3) is 5.03 Å². The number of aliphatic hydroxyl groups excluding tert-OH is 1. The number of hydrogen-bond donors (Lipinski definition) is 2. The molecule has 1 aromatic heterocycles. The zero-order valence-corrected chi connectivity index (χ0v) is 23.7. The quantitative estimate of drug-likeness (QED) is 0.215. The van der Waals surface area contributed by atoms with Gasteiger partial charge in [-0.15, -0.1) is 0 Å². The number of nitrogens with zero attached hydrogens (tertiary/aromatic N) is 2. The lowest BCUT2D eigenvalue weighted by Gasteiger charge is -2.36. The predicted octanol–water partition coefficient (Wildman–Crippen LogP) is 4.64. The van der Waals surface area contributed by atoms with E-state index in [4.69, 9.17) is 9.47 Å². The number of carbonyl (C=O) groups excluding carboxylic acids is 2. The molecule has 0 aliphatic carbocycles. The molecule has 43 heavy (non-hydrogen) atoms. The van der Waals surface area contributed by atoms with E-state index in [2.05, 4.69) is 5.32 Å². The molecule has 4 atom stereocenters. The molecule has 0 radical (unpaired) electrons. The summed E-state index contributed by atoms with van der Waals surface area (Å²) in [4.78, 5) is 25.3. The first kappa shape index (κ1) is 30.8. The fourth-order valence-electron chi connectivity index (χ4n) is 5.16. The smallest absolute Gasteiger partial charge is 0.471 e. The fraction of sp³-hybridized carbons (Fsp3) is 0.367. The molecule has 2 saturated heterocycles. The fourth-order valence-corrected chi connectivity index (χ4v) is 6.09. The molecule has 2 aromatic carbocycles. The van der Waals surface area contributed by atoms with Gasteiger partial charge in [-0.3, -0.25) is 9.59 Å². The predicted molar refractivity (Wildman–Crippen MR) is 150 cm³/mol. The van der Waals surface area contributed by atoms with E-state index in [9.17, 15) is 33.1 Å². The van der Waals surface area contributed by atoms with Crippen LogP contribution in [0.3, 0.4) is 0 Å². The van der Waals surface area contributed by atoms with E-state index in [1.165, 1.54) is 18.0 Å². The van der Waals surface area contributed by atoms with Crippen LogP contribution in [0.5, 0.6) is 0 Å². The van der Waals surface area contributed by atoms with Crippen LogP contribution in [0, 0.1) is 5.21 Å². The summed E-state index contributed by atoms with van der Waals surface area (Å²) in [7, 11) is 0.